The van der Waals surface area contributed by atoms with Crippen molar-refractivity contribution in [1.29, 1.82) is 0 Å². The Labute approximate surface area is 102 Å². The summed E-state index contributed by atoms with van der Waals surface area (Å²) in [5.41, 5.74) is 5.43. The summed E-state index contributed by atoms with van der Waals surface area (Å²) in [5, 5.41) is 4.68. The first-order valence-electron chi connectivity index (χ1n) is 6.61. The molecule has 1 aromatic heterocycles. The molecule has 0 bridgehead atoms. The van der Waals surface area contributed by atoms with Gasteiger partial charge in [0.15, 0.2) is 0 Å². The van der Waals surface area contributed by atoms with Gasteiger partial charge in [0.1, 0.15) is 5.58 Å². The minimum absolute atomic E-state index is 1.03. The largest absolute Gasteiger partial charge is 0.464 e. The van der Waals surface area contributed by atoms with Crippen molar-refractivity contribution in [3.05, 3.63) is 35.1 Å². The standard InChI is InChI=1S/C15H19NO/c1-2-16-7-6-13-10-17-15-9-12-5-3-4-11(12)8-14(13)15/h8-10,16H,2-7H2,1H3. The molecule has 1 aliphatic carbocycles. The van der Waals surface area contributed by atoms with Crippen LogP contribution in [-0.2, 0) is 19.3 Å². The van der Waals surface area contributed by atoms with Crippen molar-refractivity contribution in [2.75, 3.05) is 13.1 Å². The summed E-state index contributed by atoms with van der Waals surface area (Å²) in [7, 11) is 0. The van der Waals surface area contributed by atoms with Crippen LogP contribution in [0.3, 0.4) is 0 Å². The van der Waals surface area contributed by atoms with Crippen LogP contribution in [0.5, 0.6) is 0 Å². The monoisotopic (exact) mass is 229 g/mol. The first-order valence-corrected chi connectivity index (χ1v) is 6.61. The van der Waals surface area contributed by atoms with Crippen molar-refractivity contribution in [3.63, 3.8) is 0 Å². The molecule has 1 aromatic carbocycles. The number of furan rings is 1. The zero-order valence-corrected chi connectivity index (χ0v) is 10.4. The Bertz CT molecular complexity index is 527. The number of rotatable bonds is 4. The number of hydrogen-bond donors (Lipinski definition) is 1. The predicted octanol–water partition coefficient (Wildman–Crippen LogP) is 3.07. The third-order valence-corrected chi connectivity index (χ3v) is 3.69. The van der Waals surface area contributed by atoms with E-state index in [1.54, 1.807) is 0 Å². The van der Waals surface area contributed by atoms with Gasteiger partial charge in [0.25, 0.3) is 0 Å². The Hall–Kier alpha value is -1.28. The molecule has 1 heterocycles. The van der Waals surface area contributed by atoms with E-state index in [0.717, 1.165) is 25.1 Å². The summed E-state index contributed by atoms with van der Waals surface area (Å²) in [6, 6.07) is 4.59. The third kappa shape index (κ3) is 1.98. The lowest BCUT2D eigenvalue weighted by atomic mass is 10.0. The normalized spacial score (nSPS) is 14.4. The van der Waals surface area contributed by atoms with Gasteiger partial charge in [-0.3, -0.25) is 0 Å². The molecular formula is C15H19NO. The van der Waals surface area contributed by atoms with Gasteiger partial charge in [-0.1, -0.05) is 6.92 Å². The highest BCUT2D eigenvalue weighted by Crippen LogP contribution is 2.30. The number of hydrogen-bond acceptors (Lipinski definition) is 2. The summed E-state index contributed by atoms with van der Waals surface area (Å²) in [6.07, 6.45) is 6.74. The maximum absolute atomic E-state index is 5.68. The maximum atomic E-state index is 5.68. The average Bonchev–Trinajstić information content (AvgIpc) is 2.93. The number of benzene rings is 1. The highest BCUT2D eigenvalue weighted by Gasteiger charge is 2.14. The summed E-state index contributed by atoms with van der Waals surface area (Å²) in [4.78, 5) is 0. The Kier molecular flexibility index (Phi) is 2.89. The SMILES string of the molecule is CCNCCc1coc2cc3c(cc12)CCC3. The molecule has 1 aliphatic rings. The molecule has 0 unspecified atom stereocenters. The first kappa shape index (κ1) is 10.8. The molecule has 90 valence electrons. The molecule has 2 heteroatoms. The molecule has 0 atom stereocenters. The summed E-state index contributed by atoms with van der Waals surface area (Å²) < 4.78 is 5.68. The van der Waals surface area contributed by atoms with E-state index in [0.29, 0.717) is 0 Å². The number of fused-ring (bicyclic) bond motifs is 2. The average molecular weight is 229 g/mol. The number of nitrogens with one attached hydrogen (secondary N) is 1. The van der Waals surface area contributed by atoms with Crippen molar-refractivity contribution in [2.45, 2.75) is 32.6 Å². The van der Waals surface area contributed by atoms with Gasteiger partial charge < -0.3 is 9.73 Å². The molecule has 2 aromatic rings. The molecule has 2 nitrogen and oxygen atoms in total. The molecule has 0 spiro atoms. The fourth-order valence-corrected chi connectivity index (χ4v) is 2.74. The van der Waals surface area contributed by atoms with E-state index in [1.807, 2.05) is 6.26 Å². The van der Waals surface area contributed by atoms with E-state index >= 15 is 0 Å². The highest BCUT2D eigenvalue weighted by atomic mass is 16.3. The molecule has 0 amide bonds. The Morgan fingerprint density at radius 3 is 2.88 bits per heavy atom. The zero-order valence-electron chi connectivity index (χ0n) is 10.4. The van der Waals surface area contributed by atoms with E-state index in [1.165, 1.54) is 41.3 Å². The van der Waals surface area contributed by atoms with Gasteiger partial charge in [-0.25, -0.2) is 0 Å². The van der Waals surface area contributed by atoms with Crippen LogP contribution in [0.15, 0.2) is 22.8 Å². The Morgan fingerprint density at radius 2 is 2.06 bits per heavy atom. The van der Waals surface area contributed by atoms with Gasteiger partial charge in [0.2, 0.25) is 0 Å². The van der Waals surface area contributed by atoms with Crippen molar-refractivity contribution < 1.29 is 4.42 Å². The minimum Gasteiger partial charge on any atom is -0.464 e. The van der Waals surface area contributed by atoms with Crippen LogP contribution >= 0.6 is 0 Å². The van der Waals surface area contributed by atoms with Gasteiger partial charge in [-0.05, 0) is 67.6 Å². The lowest BCUT2D eigenvalue weighted by Gasteiger charge is -2.02. The summed E-state index contributed by atoms with van der Waals surface area (Å²) in [5.74, 6) is 0. The summed E-state index contributed by atoms with van der Waals surface area (Å²) >= 11 is 0. The van der Waals surface area contributed by atoms with E-state index in [4.69, 9.17) is 4.42 Å². The number of likely N-dealkylation sites (N-methyl/N-ethyl adjacent to an activating group) is 1. The second-order valence-corrected chi connectivity index (χ2v) is 4.84. The fraction of sp³-hybridized carbons (Fsp3) is 0.467. The van der Waals surface area contributed by atoms with Crippen LogP contribution in [-0.4, -0.2) is 13.1 Å². The molecule has 3 rings (SSSR count). The van der Waals surface area contributed by atoms with E-state index < -0.39 is 0 Å². The fourth-order valence-electron chi connectivity index (χ4n) is 2.74. The Balaban J connectivity index is 1.92. The highest BCUT2D eigenvalue weighted by molar-refractivity contribution is 5.83. The van der Waals surface area contributed by atoms with E-state index in [2.05, 4.69) is 24.4 Å². The van der Waals surface area contributed by atoms with Crippen molar-refractivity contribution >= 4 is 11.0 Å². The van der Waals surface area contributed by atoms with Crippen molar-refractivity contribution in [2.24, 2.45) is 0 Å². The predicted molar refractivity (Wildman–Crippen MR) is 70.5 cm³/mol. The molecule has 0 fully saturated rings. The second kappa shape index (κ2) is 4.53. The van der Waals surface area contributed by atoms with Crippen molar-refractivity contribution in [1.82, 2.24) is 5.32 Å². The molecular weight excluding hydrogens is 210 g/mol. The van der Waals surface area contributed by atoms with Gasteiger partial charge in [0.05, 0.1) is 6.26 Å². The van der Waals surface area contributed by atoms with E-state index in [9.17, 15) is 0 Å². The van der Waals surface area contributed by atoms with Crippen LogP contribution in [0, 0.1) is 0 Å². The van der Waals surface area contributed by atoms with Crippen molar-refractivity contribution in [3.8, 4) is 0 Å². The Morgan fingerprint density at radius 1 is 1.24 bits per heavy atom. The zero-order chi connectivity index (χ0) is 11.7. The smallest absolute Gasteiger partial charge is 0.134 e. The van der Waals surface area contributed by atoms with Crippen LogP contribution in [0.1, 0.15) is 30.0 Å². The quantitative estimate of drug-likeness (QED) is 0.815. The van der Waals surface area contributed by atoms with Crippen LogP contribution in [0.25, 0.3) is 11.0 Å². The molecule has 1 N–H and O–H groups in total. The maximum Gasteiger partial charge on any atom is 0.134 e. The second-order valence-electron chi connectivity index (χ2n) is 4.84. The van der Waals surface area contributed by atoms with Crippen LogP contribution in [0.2, 0.25) is 0 Å². The molecule has 0 aliphatic heterocycles. The number of aryl methyl sites for hydroxylation is 2. The topological polar surface area (TPSA) is 25.2 Å². The van der Waals surface area contributed by atoms with Gasteiger partial charge in [-0.2, -0.15) is 0 Å². The van der Waals surface area contributed by atoms with Gasteiger partial charge in [-0.15, -0.1) is 0 Å². The van der Waals surface area contributed by atoms with Crippen LogP contribution in [0.4, 0.5) is 0 Å². The lowest BCUT2D eigenvalue weighted by molar-refractivity contribution is 0.607. The molecule has 17 heavy (non-hydrogen) atoms. The van der Waals surface area contributed by atoms with Gasteiger partial charge in [0, 0.05) is 5.39 Å². The van der Waals surface area contributed by atoms with Gasteiger partial charge >= 0.3 is 0 Å². The summed E-state index contributed by atoms with van der Waals surface area (Å²) in [6.45, 7) is 4.20. The molecule has 0 saturated heterocycles. The third-order valence-electron chi connectivity index (χ3n) is 3.69. The first-order chi connectivity index (χ1) is 8.38. The molecule has 0 radical (unpaired) electrons. The van der Waals surface area contributed by atoms with E-state index in [-0.39, 0.29) is 0 Å². The molecule has 0 saturated carbocycles. The van der Waals surface area contributed by atoms with Crippen LogP contribution < -0.4 is 5.32 Å². The minimum atomic E-state index is 1.03. The lowest BCUT2D eigenvalue weighted by Crippen LogP contribution is -2.15.